The summed E-state index contributed by atoms with van der Waals surface area (Å²) in [5.74, 6) is 0. The Morgan fingerprint density at radius 1 is 1.10 bits per heavy atom. The molecule has 0 saturated carbocycles. The molecule has 1 atom stereocenters. The molecular formula is C19H30O. The standard InChI is InChI=1S/C19H30O/c1-4-7-8-9-13-16-18(20)19(5-2,6-3)17-14-11-10-12-15-17/h4,10-12,14-15,18,20H,1,5-9,13,16H2,2-3H3. The van der Waals surface area contributed by atoms with Crippen LogP contribution in [-0.4, -0.2) is 11.2 Å². The summed E-state index contributed by atoms with van der Waals surface area (Å²) in [5.41, 5.74) is 1.20. The summed E-state index contributed by atoms with van der Waals surface area (Å²) in [4.78, 5) is 0. The van der Waals surface area contributed by atoms with E-state index in [1.807, 2.05) is 12.1 Å². The van der Waals surface area contributed by atoms with Crippen LogP contribution < -0.4 is 0 Å². The lowest BCUT2D eigenvalue weighted by Crippen LogP contribution is -2.38. The van der Waals surface area contributed by atoms with Crippen molar-refractivity contribution in [2.75, 3.05) is 0 Å². The molecule has 1 heteroatoms. The fraction of sp³-hybridized carbons (Fsp3) is 0.579. The normalized spacial score (nSPS) is 13.2. The van der Waals surface area contributed by atoms with Crippen LogP contribution in [0.3, 0.4) is 0 Å². The lowest BCUT2D eigenvalue weighted by atomic mass is 9.70. The van der Waals surface area contributed by atoms with Gasteiger partial charge in [-0.15, -0.1) is 6.58 Å². The summed E-state index contributed by atoms with van der Waals surface area (Å²) >= 11 is 0. The van der Waals surface area contributed by atoms with Crippen LogP contribution in [-0.2, 0) is 5.41 Å². The van der Waals surface area contributed by atoms with E-state index in [1.165, 1.54) is 18.4 Å². The minimum atomic E-state index is -0.247. The number of aliphatic hydroxyl groups excluding tert-OH is 1. The van der Waals surface area contributed by atoms with Gasteiger partial charge in [-0.2, -0.15) is 0 Å². The molecule has 1 unspecified atom stereocenters. The van der Waals surface area contributed by atoms with E-state index in [9.17, 15) is 5.11 Å². The van der Waals surface area contributed by atoms with Gasteiger partial charge in [0.1, 0.15) is 0 Å². The van der Waals surface area contributed by atoms with E-state index in [4.69, 9.17) is 0 Å². The van der Waals surface area contributed by atoms with Crippen molar-refractivity contribution in [3.05, 3.63) is 48.6 Å². The first-order valence-corrected chi connectivity index (χ1v) is 8.05. The van der Waals surface area contributed by atoms with Gasteiger partial charge >= 0.3 is 0 Å². The van der Waals surface area contributed by atoms with Crippen molar-refractivity contribution < 1.29 is 5.11 Å². The largest absolute Gasteiger partial charge is 0.392 e. The summed E-state index contributed by atoms with van der Waals surface area (Å²) in [6.45, 7) is 8.13. The Morgan fingerprint density at radius 2 is 1.75 bits per heavy atom. The predicted octanol–water partition coefficient (Wildman–Crippen LogP) is 5.24. The van der Waals surface area contributed by atoms with Gasteiger partial charge in [-0.25, -0.2) is 0 Å². The van der Waals surface area contributed by atoms with Crippen LogP contribution in [0, 0.1) is 0 Å². The number of benzene rings is 1. The summed E-state index contributed by atoms with van der Waals surface area (Å²) < 4.78 is 0. The summed E-state index contributed by atoms with van der Waals surface area (Å²) in [7, 11) is 0. The van der Waals surface area contributed by atoms with E-state index in [0.717, 1.165) is 32.1 Å². The van der Waals surface area contributed by atoms with E-state index in [1.54, 1.807) is 0 Å². The van der Waals surface area contributed by atoms with Crippen molar-refractivity contribution in [3.8, 4) is 0 Å². The van der Waals surface area contributed by atoms with Crippen LogP contribution in [0.5, 0.6) is 0 Å². The number of rotatable bonds is 10. The molecule has 0 aliphatic heterocycles. The number of hydrogen-bond acceptors (Lipinski definition) is 1. The van der Waals surface area contributed by atoms with E-state index < -0.39 is 0 Å². The topological polar surface area (TPSA) is 20.2 Å². The number of allylic oxidation sites excluding steroid dienone is 1. The number of aliphatic hydroxyl groups is 1. The fourth-order valence-corrected chi connectivity index (χ4v) is 3.17. The Morgan fingerprint density at radius 3 is 2.30 bits per heavy atom. The molecule has 1 N–H and O–H groups in total. The van der Waals surface area contributed by atoms with Crippen molar-refractivity contribution in [2.24, 2.45) is 0 Å². The first-order chi connectivity index (χ1) is 9.71. The van der Waals surface area contributed by atoms with Gasteiger partial charge in [-0.3, -0.25) is 0 Å². The molecule has 112 valence electrons. The van der Waals surface area contributed by atoms with Gasteiger partial charge in [-0.05, 0) is 37.7 Å². The molecule has 0 saturated heterocycles. The maximum atomic E-state index is 10.7. The molecule has 1 rings (SSSR count). The third-order valence-electron chi connectivity index (χ3n) is 4.63. The monoisotopic (exact) mass is 274 g/mol. The second-order valence-corrected chi connectivity index (χ2v) is 5.67. The van der Waals surface area contributed by atoms with Crippen LogP contribution in [0.1, 0.15) is 64.4 Å². The van der Waals surface area contributed by atoms with E-state index in [0.29, 0.717) is 0 Å². The van der Waals surface area contributed by atoms with Gasteiger partial charge in [0.15, 0.2) is 0 Å². The number of unbranched alkanes of at least 4 members (excludes halogenated alkanes) is 3. The van der Waals surface area contributed by atoms with Gasteiger partial charge in [-0.1, -0.05) is 63.1 Å². The van der Waals surface area contributed by atoms with E-state index >= 15 is 0 Å². The van der Waals surface area contributed by atoms with E-state index in [2.05, 4.69) is 44.7 Å². The van der Waals surface area contributed by atoms with E-state index in [-0.39, 0.29) is 11.5 Å². The highest BCUT2D eigenvalue weighted by Crippen LogP contribution is 2.37. The van der Waals surface area contributed by atoms with Crippen LogP contribution in [0.15, 0.2) is 43.0 Å². The molecule has 1 aromatic rings. The average molecular weight is 274 g/mol. The third kappa shape index (κ3) is 4.21. The quantitative estimate of drug-likeness (QED) is 0.457. The van der Waals surface area contributed by atoms with Gasteiger partial charge in [0.2, 0.25) is 0 Å². The molecule has 0 aliphatic rings. The Balaban J connectivity index is 2.67. The molecule has 0 amide bonds. The molecule has 0 fully saturated rings. The average Bonchev–Trinajstić information content (AvgIpc) is 2.50. The molecule has 20 heavy (non-hydrogen) atoms. The highest BCUT2D eigenvalue weighted by atomic mass is 16.3. The zero-order valence-electron chi connectivity index (χ0n) is 13.1. The Kier molecular flexibility index (Phi) is 7.61. The molecule has 0 bridgehead atoms. The highest BCUT2D eigenvalue weighted by Gasteiger charge is 2.35. The molecule has 1 aromatic carbocycles. The molecule has 0 aliphatic carbocycles. The SMILES string of the molecule is C=CCCCCCC(O)C(CC)(CC)c1ccccc1. The van der Waals surface area contributed by atoms with Crippen molar-refractivity contribution in [3.63, 3.8) is 0 Å². The molecule has 0 heterocycles. The van der Waals surface area contributed by atoms with Crippen molar-refractivity contribution in [2.45, 2.75) is 70.3 Å². The second kappa shape index (κ2) is 8.97. The number of hydrogen-bond donors (Lipinski definition) is 1. The van der Waals surface area contributed by atoms with Gasteiger partial charge in [0.05, 0.1) is 6.10 Å². The molecule has 0 radical (unpaired) electrons. The van der Waals surface area contributed by atoms with Crippen LogP contribution in [0.4, 0.5) is 0 Å². The molecule has 1 nitrogen and oxygen atoms in total. The lowest BCUT2D eigenvalue weighted by molar-refractivity contribution is 0.0632. The zero-order valence-corrected chi connectivity index (χ0v) is 13.1. The highest BCUT2D eigenvalue weighted by molar-refractivity contribution is 5.26. The first kappa shape index (κ1) is 17.0. The molecular weight excluding hydrogens is 244 g/mol. The van der Waals surface area contributed by atoms with Gasteiger partial charge in [0, 0.05) is 5.41 Å². The molecule has 0 aromatic heterocycles. The van der Waals surface area contributed by atoms with Crippen molar-refractivity contribution >= 4 is 0 Å². The van der Waals surface area contributed by atoms with Crippen molar-refractivity contribution in [1.29, 1.82) is 0 Å². The van der Waals surface area contributed by atoms with Crippen LogP contribution >= 0.6 is 0 Å². The zero-order chi connectivity index (χ0) is 14.8. The summed E-state index contributed by atoms with van der Waals surface area (Å²) in [5, 5.41) is 10.7. The Bertz CT molecular complexity index is 365. The Hall–Kier alpha value is -1.08. The minimum absolute atomic E-state index is 0.0836. The summed E-state index contributed by atoms with van der Waals surface area (Å²) in [6, 6.07) is 10.5. The van der Waals surface area contributed by atoms with Crippen molar-refractivity contribution in [1.82, 2.24) is 0 Å². The molecule has 0 spiro atoms. The van der Waals surface area contributed by atoms with Gasteiger partial charge in [0.25, 0.3) is 0 Å². The third-order valence-corrected chi connectivity index (χ3v) is 4.63. The smallest absolute Gasteiger partial charge is 0.0636 e. The Labute approximate surface area is 124 Å². The maximum Gasteiger partial charge on any atom is 0.0636 e. The van der Waals surface area contributed by atoms with Crippen LogP contribution in [0.2, 0.25) is 0 Å². The predicted molar refractivity (Wildman–Crippen MR) is 88.0 cm³/mol. The van der Waals surface area contributed by atoms with Crippen LogP contribution in [0.25, 0.3) is 0 Å². The first-order valence-electron chi connectivity index (χ1n) is 8.05. The fourth-order valence-electron chi connectivity index (χ4n) is 3.17. The second-order valence-electron chi connectivity index (χ2n) is 5.67. The minimum Gasteiger partial charge on any atom is -0.392 e. The lowest BCUT2D eigenvalue weighted by Gasteiger charge is -2.37. The van der Waals surface area contributed by atoms with Gasteiger partial charge < -0.3 is 5.11 Å². The maximum absolute atomic E-state index is 10.7. The summed E-state index contributed by atoms with van der Waals surface area (Å²) in [6.07, 6.45) is 9.15.